The molecule has 0 spiro atoms. The van der Waals surface area contributed by atoms with E-state index in [0.717, 1.165) is 18.6 Å². The Balaban J connectivity index is 1.77. The number of nitrogens with one attached hydrogen (secondary N) is 3. The van der Waals surface area contributed by atoms with E-state index in [9.17, 15) is 9.59 Å². The van der Waals surface area contributed by atoms with Gasteiger partial charge in [0.2, 0.25) is 11.8 Å². The Morgan fingerprint density at radius 1 is 0.844 bits per heavy atom. The Hall–Kier alpha value is -2.73. The van der Waals surface area contributed by atoms with E-state index in [2.05, 4.69) is 22.9 Å². The molecule has 0 saturated carbocycles. The number of amides is 2. The Morgan fingerprint density at radius 2 is 1.53 bits per heavy atom. The summed E-state index contributed by atoms with van der Waals surface area (Å²) in [5, 5.41) is 9.16. The van der Waals surface area contributed by atoms with E-state index < -0.39 is 0 Å². The molecule has 0 aliphatic heterocycles. The Bertz CT molecular complexity index is 856. The van der Waals surface area contributed by atoms with Gasteiger partial charge in [-0.2, -0.15) is 0 Å². The lowest BCUT2D eigenvalue weighted by atomic mass is 10.2. The number of halogens is 1. The lowest BCUT2D eigenvalue weighted by Gasteiger charge is -2.12. The van der Waals surface area contributed by atoms with Gasteiger partial charge in [0.05, 0.1) is 23.9 Å². The molecule has 32 heavy (non-hydrogen) atoms. The van der Waals surface area contributed by atoms with Crippen LogP contribution in [0.25, 0.3) is 0 Å². The summed E-state index contributed by atoms with van der Waals surface area (Å²) in [5.41, 5.74) is 1.91. The number of anilines is 3. The van der Waals surface area contributed by atoms with E-state index in [0.29, 0.717) is 35.1 Å². The van der Waals surface area contributed by atoms with Gasteiger partial charge in [0.1, 0.15) is 5.75 Å². The number of benzene rings is 2. The van der Waals surface area contributed by atoms with Gasteiger partial charge in [0.25, 0.3) is 0 Å². The van der Waals surface area contributed by atoms with Gasteiger partial charge in [-0.25, -0.2) is 0 Å². The number of rotatable bonds is 14. The van der Waals surface area contributed by atoms with E-state index in [1.54, 1.807) is 18.2 Å². The summed E-state index contributed by atoms with van der Waals surface area (Å²) in [6.07, 6.45) is 7.23. The molecule has 0 heterocycles. The molecule has 7 heteroatoms. The molecule has 0 aliphatic carbocycles. The molecule has 174 valence electrons. The summed E-state index contributed by atoms with van der Waals surface area (Å²) in [7, 11) is 0. The van der Waals surface area contributed by atoms with Crippen LogP contribution < -0.4 is 20.7 Å². The van der Waals surface area contributed by atoms with Crippen molar-refractivity contribution in [3.05, 3.63) is 47.5 Å². The third kappa shape index (κ3) is 9.60. The summed E-state index contributed by atoms with van der Waals surface area (Å²) in [6, 6.07) is 12.5. The molecule has 6 nitrogen and oxygen atoms in total. The highest BCUT2D eigenvalue weighted by atomic mass is 35.5. The van der Waals surface area contributed by atoms with Crippen LogP contribution >= 0.6 is 11.6 Å². The molecule has 0 atom stereocenters. The van der Waals surface area contributed by atoms with Gasteiger partial charge in [-0.1, -0.05) is 51.1 Å². The zero-order valence-corrected chi connectivity index (χ0v) is 19.8. The van der Waals surface area contributed by atoms with Crippen LogP contribution in [0.4, 0.5) is 17.1 Å². The lowest BCUT2D eigenvalue weighted by molar-refractivity contribution is -0.116. The predicted octanol–water partition coefficient (Wildman–Crippen LogP) is 6.48. The van der Waals surface area contributed by atoms with Crippen LogP contribution in [0, 0.1) is 0 Å². The molecular weight excluding hydrogens is 426 g/mol. The number of hydrogen-bond donors (Lipinski definition) is 3. The van der Waals surface area contributed by atoms with Crippen LogP contribution in [-0.4, -0.2) is 25.0 Å². The molecular formula is C25H34ClN3O3. The zero-order chi connectivity index (χ0) is 23.2. The average molecular weight is 460 g/mol. The summed E-state index contributed by atoms with van der Waals surface area (Å²) in [6.45, 7) is 4.90. The molecule has 0 fully saturated rings. The number of carbonyl (C=O) groups excluding carboxylic acids is 2. The van der Waals surface area contributed by atoms with Crippen molar-refractivity contribution >= 4 is 40.5 Å². The molecule has 0 bridgehead atoms. The number of unbranched alkanes of at least 4 members (excludes halogenated alkanes) is 4. The molecule has 3 N–H and O–H groups in total. The first-order chi connectivity index (χ1) is 15.5. The van der Waals surface area contributed by atoms with Crippen molar-refractivity contribution in [2.24, 2.45) is 0 Å². The van der Waals surface area contributed by atoms with Crippen LogP contribution in [0.5, 0.6) is 5.75 Å². The summed E-state index contributed by atoms with van der Waals surface area (Å²) < 4.78 is 5.75. The molecule has 2 amide bonds. The van der Waals surface area contributed by atoms with Crippen molar-refractivity contribution in [2.75, 3.05) is 29.1 Å². The van der Waals surface area contributed by atoms with Crippen LogP contribution in [0.3, 0.4) is 0 Å². The van der Waals surface area contributed by atoms with E-state index in [4.69, 9.17) is 16.3 Å². The van der Waals surface area contributed by atoms with Crippen molar-refractivity contribution in [3.8, 4) is 5.75 Å². The van der Waals surface area contributed by atoms with Crippen LogP contribution in [0.2, 0.25) is 5.02 Å². The first kappa shape index (κ1) is 25.5. The van der Waals surface area contributed by atoms with Gasteiger partial charge in [-0.3, -0.25) is 9.59 Å². The van der Waals surface area contributed by atoms with E-state index in [1.807, 2.05) is 31.2 Å². The second-order valence-corrected chi connectivity index (χ2v) is 8.09. The fourth-order valence-corrected chi connectivity index (χ4v) is 3.28. The largest absolute Gasteiger partial charge is 0.494 e. The van der Waals surface area contributed by atoms with Crippen molar-refractivity contribution < 1.29 is 14.3 Å². The standard InChI is InChI=1S/C25H34ClN3O3/c1-3-5-6-7-8-16-32-21-13-10-19(11-14-21)28-25(31)18-27-23-17-20(12-15-22(23)26)29-24(30)9-4-2/h10-15,17,27H,3-9,16,18H2,1-2H3,(H,28,31)(H,29,30). The van der Waals surface area contributed by atoms with Crippen molar-refractivity contribution in [1.29, 1.82) is 0 Å². The summed E-state index contributed by atoms with van der Waals surface area (Å²) >= 11 is 6.21. The van der Waals surface area contributed by atoms with Gasteiger partial charge < -0.3 is 20.7 Å². The first-order valence-electron chi connectivity index (χ1n) is 11.4. The summed E-state index contributed by atoms with van der Waals surface area (Å²) in [4.78, 5) is 24.1. The average Bonchev–Trinajstić information content (AvgIpc) is 2.78. The van der Waals surface area contributed by atoms with Gasteiger partial charge >= 0.3 is 0 Å². The maximum atomic E-state index is 12.3. The Kier molecular flexibility index (Phi) is 11.5. The highest BCUT2D eigenvalue weighted by Crippen LogP contribution is 2.25. The van der Waals surface area contributed by atoms with Gasteiger partial charge in [0, 0.05) is 17.8 Å². The minimum Gasteiger partial charge on any atom is -0.494 e. The number of carbonyl (C=O) groups is 2. The monoisotopic (exact) mass is 459 g/mol. The van der Waals surface area contributed by atoms with Crippen LogP contribution in [0.15, 0.2) is 42.5 Å². The van der Waals surface area contributed by atoms with E-state index in [1.165, 1.54) is 25.7 Å². The smallest absolute Gasteiger partial charge is 0.243 e. The number of ether oxygens (including phenoxy) is 1. The van der Waals surface area contributed by atoms with Crippen LogP contribution in [-0.2, 0) is 9.59 Å². The maximum absolute atomic E-state index is 12.3. The maximum Gasteiger partial charge on any atom is 0.243 e. The molecule has 2 aromatic carbocycles. The topological polar surface area (TPSA) is 79.5 Å². The SMILES string of the molecule is CCCCCCCOc1ccc(NC(=O)CNc2cc(NC(=O)CCC)ccc2Cl)cc1. The number of hydrogen-bond acceptors (Lipinski definition) is 4. The second-order valence-electron chi connectivity index (χ2n) is 7.68. The van der Waals surface area contributed by atoms with Crippen LogP contribution in [0.1, 0.15) is 58.8 Å². The highest BCUT2D eigenvalue weighted by molar-refractivity contribution is 6.33. The molecule has 2 aromatic rings. The van der Waals surface area contributed by atoms with Crippen molar-refractivity contribution in [2.45, 2.75) is 58.8 Å². The molecule has 0 aliphatic rings. The molecule has 0 saturated heterocycles. The summed E-state index contributed by atoms with van der Waals surface area (Å²) in [5.74, 6) is 0.541. The second kappa shape index (κ2) is 14.4. The predicted molar refractivity (Wildman–Crippen MR) is 133 cm³/mol. The minimum absolute atomic E-state index is 0.0437. The third-order valence-electron chi connectivity index (χ3n) is 4.82. The van der Waals surface area contributed by atoms with Gasteiger partial charge in [-0.05, 0) is 55.3 Å². The molecule has 0 aromatic heterocycles. The molecule has 0 unspecified atom stereocenters. The normalized spacial score (nSPS) is 10.5. The zero-order valence-electron chi connectivity index (χ0n) is 19.0. The van der Waals surface area contributed by atoms with E-state index >= 15 is 0 Å². The van der Waals surface area contributed by atoms with Crippen molar-refractivity contribution in [1.82, 2.24) is 0 Å². The first-order valence-corrected chi connectivity index (χ1v) is 11.8. The fraction of sp³-hybridized carbons (Fsp3) is 0.440. The van der Waals surface area contributed by atoms with Gasteiger partial charge in [-0.15, -0.1) is 0 Å². The van der Waals surface area contributed by atoms with Gasteiger partial charge in [0.15, 0.2) is 0 Å². The highest BCUT2D eigenvalue weighted by Gasteiger charge is 2.08. The fourth-order valence-electron chi connectivity index (χ4n) is 3.10. The quantitative estimate of drug-likeness (QED) is 0.282. The third-order valence-corrected chi connectivity index (χ3v) is 5.15. The van der Waals surface area contributed by atoms with E-state index in [-0.39, 0.29) is 18.4 Å². The Morgan fingerprint density at radius 3 is 2.25 bits per heavy atom. The lowest BCUT2D eigenvalue weighted by Crippen LogP contribution is -2.22. The van der Waals surface area contributed by atoms with Crippen molar-refractivity contribution in [3.63, 3.8) is 0 Å². The molecule has 0 radical (unpaired) electrons. The minimum atomic E-state index is -0.203. The molecule has 2 rings (SSSR count). The Labute approximate surface area is 196 Å².